The smallest absolute Gasteiger partial charge is 0.104 e. The molecule has 120 valence electrons. The van der Waals surface area contributed by atoms with E-state index in [0.29, 0.717) is 0 Å². The highest BCUT2D eigenvalue weighted by atomic mass is 79.9. The predicted octanol–water partition coefficient (Wildman–Crippen LogP) is 4.47. The van der Waals surface area contributed by atoms with Crippen LogP contribution in [-0.2, 0) is 12.0 Å². The fraction of sp³-hybridized carbons (Fsp3) is 0.350. The summed E-state index contributed by atoms with van der Waals surface area (Å²) in [6, 6.07) is 23.6. The zero-order valence-electron chi connectivity index (χ0n) is 13.6. The van der Waals surface area contributed by atoms with Crippen molar-refractivity contribution < 1.29 is 4.48 Å². The molecule has 0 saturated carbocycles. The largest absolute Gasteiger partial charge is 0.322 e. The molecule has 1 heterocycles. The summed E-state index contributed by atoms with van der Waals surface area (Å²) in [7, 11) is 2.32. The van der Waals surface area contributed by atoms with Crippen LogP contribution in [0.3, 0.4) is 0 Å². The van der Waals surface area contributed by atoms with Crippen molar-refractivity contribution in [1.29, 1.82) is 5.26 Å². The topological polar surface area (TPSA) is 23.8 Å². The summed E-state index contributed by atoms with van der Waals surface area (Å²) >= 11 is 0. The minimum absolute atomic E-state index is 0. The van der Waals surface area contributed by atoms with Gasteiger partial charge in [0.05, 0.1) is 31.6 Å². The third-order valence-electron chi connectivity index (χ3n) is 5.10. The number of hydrogen-bond acceptors (Lipinski definition) is 1. The van der Waals surface area contributed by atoms with Crippen LogP contribution >= 0.6 is 17.0 Å². The maximum atomic E-state index is 9.80. The Kier molecular flexibility index (Phi) is 5.62. The molecule has 0 bridgehead atoms. The lowest BCUT2D eigenvalue weighted by Crippen LogP contribution is -2.52. The molecule has 23 heavy (non-hydrogen) atoms. The molecule has 3 rings (SSSR count). The fourth-order valence-electron chi connectivity index (χ4n) is 3.56. The second kappa shape index (κ2) is 7.29. The molecule has 2 aromatic rings. The van der Waals surface area contributed by atoms with Gasteiger partial charge in [0.1, 0.15) is 6.54 Å². The predicted molar refractivity (Wildman–Crippen MR) is 99.4 cm³/mol. The van der Waals surface area contributed by atoms with Crippen molar-refractivity contribution in [3.63, 3.8) is 0 Å². The number of benzene rings is 2. The average molecular weight is 372 g/mol. The summed E-state index contributed by atoms with van der Waals surface area (Å²) in [6.07, 6.45) is 1.88. The zero-order valence-corrected chi connectivity index (χ0v) is 15.3. The molecule has 0 spiro atoms. The summed E-state index contributed by atoms with van der Waals surface area (Å²) in [5.41, 5.74) is 2.27. The van der Waals surface area contributed by atoms with Crippen LogP contribution in [0.15, 0.2) is 60.7 Å². The highest BCUT2D eigenvalue weighted by molar-refractivity contribution is 8.93. The van der Waals surface area contributed by atoms with Crippen LogP contribution in [0.4, 0.5) is 0 Å². The van der Waals surface area contributed by atoms with Gasteiger partial charge in [-0.3, -0.25) is 0 Å². The first-order valence-corrected chi connectivity index (χ1v) is 8.00. The van der Waals surface area contributed by atoms with E-state index >= 15 is 0 Å². The Bertz CT molecular complexity index is 653. The molecule has 1 aliphatic heterocycles. The molecular weight excluding hydrogens is 348 g/mol. The molecule has 2 aromatic carbocycles. The molecule has 0 aromatic heterocycles. The van der Waals surface area contributed by atoms with E-state index in [0.717, 1.165) is 37.0 Å². The molecule has 0 atom stereocenters. The fourth-order valence-corrected chi connectivity index (χ4v) is 3.56. The standard InChI is InChI=1S/C20H23N2.BrH/c1-22(16-18-8-4-2-5-9-18)14-12-20(17-21,13-15-22)19-10-6-3-7-11-19;/h2-11H,12-16H2,1H3;1H/q+1;. The minimum Gasteiger partial charge on any atom is -0.322 e. The molecule has 1 fully saturated rings. The normalized spacial score (nSPS) is 26.8. The Morgan fingerprint density at radius 1 is 0.957 bits per heavy atom. The zero-order chi connectivity index (χ0) is 15.5. The number of hydrogen-bond donors (Lipinski definition) is 0. The number of halogens is 1. The van der Waals surface area contributed by atoms with E-state index in [1.165, 1.54) is 11.1 Å². The SMILES string of the molecule is Br.C[N+]1(Cc2ccccc2)CCC(C#N)(c2ccccc2)CC1. The van der Waals surface area contributed by atoms with Gasteiger partial charge in [0, 0.05) is 18.4 Å². The molecule has 0 amide bonds. The van der Waals surface area contributed by atoms with Gasteiger partial charge in [0.25, 0.3) is 0 Å². The lowest BCUT2D eigenvalue weighted by Gasteiger charge is -2.44. The van der Waals surface area contributed by atoms with Crippen molar-refractivity contribution >= 4 is 17.0 Å². The first-order chi connectivity index (χ1) is 10.7. The van der Waals surface area contributed by atoms with Crippen LogP contribution < -0.4 is 0 Å². The van der Waals surface area contributed by atoms with Gasteiger partial charge in [-0.1, -0.05) is 60.7 Å². The molecule has 3 heteroatoms. The molecule has 1 aliphatic rings. The summed E-state index contributed by atoms with van der Waals surface area (Å²) in [4.78, 5) is 0. The van der Waals surface area contributed by atoms with Crippen molar-refractivity contribution in [3.05, 3.63) is 71.8 Å². The molecule has 0 N–H and O–H groups in total. The number of nitriles is 1. The highest BCUT2D eigenvalue weighted by Crippen LogP contribution is 2.37. The summed E-state index contributed by atoms with van der Waals surface area (Å²) in [6.45, 7) is 3.16. The number of likely N-dealkylation sites (tertiary alicyclic amines) is 1. The van der Waals surface area contributed by atoms with Gasteiger partial charge >= 0.3 is 0 Å². The Hall–Kier alpha value is -1.63. The molecule has 0 unspecified atom stereocenters. The van der Waals surface area contributed by atoms with Crippen LogP contribution in [0.5, 0.6) is 0 Å². The highest BCUT2D eigenvalue weighted by Gasteiger charge is 2.42. The van der Waals surface area contributed by atoms with Gasteiger partial charge in [-0.25, -0.2) is 0 Å². The third kappa shape index (κ3) is 3.83. The summed E-state index contributed by atoms with van der Waals surface area (Å²) in [5.74, 6) is 0. The van der Waals surface area contributed by atoms with E-state index in [-0.39, 0.29) is 22.4 Å². The second-order valence-electron chi connectivity index (χ2n) is 6.77. The monoisotopic (exact) mass is 371 g/mol. The van der Waals surface area contributed by atoms with E-state index in [2.05, 4.69) is 55.6 Å². The number of quaternary nitrogens is 1. The van der Waals surface area contributed by atoms with E-state index < -0.39 is 0 Å². The molecule has 0 radical (unpaired) electrons. The molecule has 2 nitrogen and oxygen atoms in total. The maximum Gasteiger partial charge on any atom is 0.104 e. The van der Waals surface area contributed by atoms with Crippen molar-refractivity contribution in [2.45, 2.75) is 24.8 Å². The van der Waals surface area contributed by atoms with E-state index in [9.17, 15) is 5.26 Å². The minimum atomic E-state index is -0.296. The number of piperidine rings is 1. The molecule has 1 saturated heterocycles. The Labute approximate surface area is 149 Å². The third-order valence-corrected chi connectivity index (χ3v) is 5.10. The van der Waals surface area contributed by atoms with Gasteiger partial charge in [0.15, 0.2) is 0 Å². The van der Waals surface area contributed by atoms with Crippen molar-refractivity contribution in [2.75, 3.05) is 20.1 Å². The molecule has 0 aliphatic carbocycles. The van der Waals surface area contributed by atoms with Gasteiger partial charge in [-0.2, -0.15) is 5.26 Å². The quantitative estimate of drug-likeness (QED) is 0.730. The van der Waals surface area contributed by atoms with Crippen LogP contribution in [0.25, 0.3) is 0 Å². The first kappa shape index (κ1) is 17.7. The van der Waals surface area contributed by atoms with Gasteiger partial charge in [-0.05, 0) is 5.56 Å². The van der Waals surface area contributed by atoms with Crippen molar-refractivity contribution in [2.24, 2.45) is 0 Å². The van der Waals surface area contributed by atoms with Crippen LogP contribution in [0.2, 0.25) is 0 Å². The Balaban J connectivity index is 0.00000192. The van der Waals surface area contributed by atoms with Gasteiger partial charge in [0.2, 0.25) is 0 Å². The van der Waals surface area contributed by atoms with Crippen LogP contribution in [0.1, 0.15) is 24.0 Å². The van der Waals surface area contributed by atoms with E-state index in [1.807, 2.05) is 18.2 Å². The second-order valence-corrected chi connectivity index (χ2v) is 6.77. The van der Waals surface area contributed by atoms with Crippen molar-refractivity contribution in [1.82, 2.24) is 0 Å². The first-order valence-electron chi connectivity index (χ1n) is 8.00. The molecular formula is C20H24BrN2+. The van der Waals surface area contributed by atoms with E-state index in [4.69, 9.17) is 0 Å². The van der Waals surface area contributed by atoms with Crippen molar-refractivity contribution in [3.8, 4) is 6.07 Å². The van der Waals surface area contributed by atoms with E-state index in [1.54, 1.807) is 0 Å². The number of nitrogens with zero attached hydrogens (tertiary/aromatic N) is 2. The van der Waals surface area contributed by atoms with Gasteiger partial charge in [-0.15, -0.1) is 17.0 Å². The number of rotatable bonds is 3. The Morgan fingerprint density at radius 3 is 2.00 bits per heavy atom. The lowest BCUT2D eigenvalue weighted by molar-refractivity contribution is -0.928. The van der Waals surface area contributed by atoms with Gasteiger partial charge < -0.3 is 4.48 Å². The maximum absolute atomic E-state index is 9.80. The van der Waals surface area contributed by atoms with Crippen LogP contribution in [0, 0.1) is 11.3 Å². The summed E-state index contributed by atoms with van der Waals surface area (Å²) < 4.78 is 1.03. The summed E-state index contributed by atoms with van der Waals surface area (Å²) in [5, 5.41) is 9.80. The average Bonchev–Trinajstić information content (AvgIpc) is 2.58. The van der Waals surface area contributed by atoms with Crippen LogP contribution in [-0.4, -0.2) is 24.6 Å². The Morgan fingerprint density at radius 2 is 1.48 bits per heavy atom. The lowest BCUT2D eigenvalue weighted by atomic mass is 9.73.